The molecular weight excluding hydrogens is 266 g/mol. The Morgan fingerprint density at radius 3 is 2.53 bits per heavy atom. The van der Waals surface area contributed by atoms with E-state index in [-0.39, 0.29) is 18.3 Å². The Morgan fingerprint density at radius 2 is 1.95 bits per heavy atom. The fraction of sp³-hybridized carbons (Fsp3) is 0.385. The second-order valence-corrected chi connectivity index (χ2v) is 3.69. The molecule has 0 saturated carbocycles. The number of rotatable bonds is 7. The minimum atomic E-state index is -0.131. The number of methoxy groups -OCH3 is 1. The maximum absolute atomic E-state index is 11.7. The van der Waals surface area contributed by atoms with Gasteiger partial charge in [-0.15, -0.1) is 12.4 Å². The first-order valence-electron chi connectivity index (χ1n) is 5.76. The minimum absolute atomic E-state index is 0. The van der Waals surface area contributed by atoms with Crippen LogP contribution in [0.25, 0.3) is 0 Å². The van der Waals surface area contributed by atoms with Crippen molar-refractivity contribution in [1.29, 1.82) is 5.26 Å². The predicted octanol–water partition coefficient (Wildman–Crippen LogP) is 0.946. The van der Waals surface area contributed by atoms with Crippen molar-refractivity contribution < 1.29 is 9.53 Å². The van der Waals surface area contributed by atoms with E-state index in [1.54, 1.807) is 31.4 Å². The molecule has 1 amide bonds. The van der Waals surface area contributed by atoms with E-state index in [0.717, 1.165) is 6.54 Å². The SMILES string of the molecule is COCCNCCNC(=O)c1ccc(C#N)cc1.Cl. The zero-order chi connectivity index (χ0) is 13.2. The molecule has 0 radical (unpaired) electrons. The van der Waals surface area contributed by atoms with E-state index in [1.807, 2.05) is 6.07 Å². The van der Waals surface area contributed by atoms with E-state index in [9.17, 15) is 4.79 Å². The highest BCUT2D eigenvalue weighted by Gasteiger charge is 2.03. The van der Waals surface area contributed by atoms with Gasteiger partial charge in [0, 0.05) is 32.3 Å². The van der Waals surface area contributed by atoms with Crippen LogP contribution in [0, 0.1) is 11.3 Å². The molecule has 0 spiro atoms. The molecule has 1 rings (SSSR count). The van der Waals surface area contributed by atoms with Gasteiger partial charge in [0.15, 0.2) is 0 Å². The highest BCUT2D eigenvalue weighted by molar-refractivity contribution is 5.94. The zero-order valence-electron chi connectivity index (χ0n) is 10.8. The average Bonchev–Trinajstić information content (AvgIpc) is 2.42. The lowest BCUT2D eigenvalue weighted by Crippen LogP contribution is -2.33. The van der Waals surface area contributed by atoms with Crippen LogP contribution in [0.15, 0.2) is 24.3 Å². The molecule has 0 saturated heterocycles. The molecule has 0 bridgehead atoms. The summed E-state index contributed by atoms with van der Waals surface area (Å²) >= 11 is 0. The van der Waals surface area contributed by atoms with Gasteiger partial charge in [0.2, 0.25) is 0 Å². The number of amides is 1. The van der Waals surface area contributed by atoms with Crippen molar-refractivity contribution in [3.8, 4) is 6.07 Å². The number of hydrogen-bond donors (Lipinski definition) is 2. The number of ether oxygens (including phenoxy) is 1. The summed E-state index contributed by atoms with van der Waals surface area (Å²) in [5.74, 6) is -0.131. The number of nitrogens with zero attached hydrogens (tertiary/aromatic N) is 1. The zero-order valence-corrected chi connectivity index (χ0v) is 11.6. The molecular formula is C13H18ClN3O2. The maximum Gasteiger partial charge on any atom is 0.251 e. The molecule has 0 aliphatic carbocycles. The fourth-order valence-corrected chi connectivity index (χ4v) is 1.36. The van der Waals surface area contributed by atoms with E-state index in [1.165, 1.54) is 0 Å². The monoisotopic (exact) mass is 283 g/mol. The van der Waals surface area contributed by atoms with E-state index in [2.05, 4.69) is 10.6 Å². The largest absolute Gasteiger partial charge is 0.383 e. The summed E-state index contributed by atoms with van der Waals surface area (Å²) in [7, 11) is 1.65. The van der Waals surface area contributed by atoms with Crippen molar-refractivity contribution in [3.63, 3.8) is 0 Å². The standard InChI is InChI=1S/C13H17N3O2.ClH/c1-18-9-8-15-6-7-16-13(17)12-4-2-11(10-14)3-5-12;/h2-5,15H,6-9H2,1H3,(H,16,17);1H. The second-order valence-electron chi connectivity index (χ2n) is 3.69. The average molecular weight is 284 g/mol. The third kappa shape index (κ3) is 6.77. The van der Waals surface area contributed by atoms with Gasteiger partial charge in [-0.05, 0) is 24.3 Å². The van der Waals surface area contributed by atoms with Crippen molar-refractivity contribution in [2.75, 3.05) is 33.4 Å². The second kappa shape index (κ2) is 10.3. The molecule has 5 nitrogen and oxygen atoms in total. The summed E-state index contributed by atoms with van der Waals surface area (Å²) < 4.78 is 4.88. The Morgan fingerprint density at radius 1 is 1.26 bits per heavy atom. The highest BCUT2D eigenvalue weighted by atomic mass is 35.5. The first kappa shape index (κ1) is 17.4. The van der Waals surface area contributed by atoms with Gasteiger partial charge in [-0.3, -0.25) is 4.79 Å². The van der Waals surface area contributed by atoms with Crippen LogP contribution in [-0.4, -0.2) is 39.3 Å². The lowest BCUT2D eigenvalue weighted by atomic mass is 10.1. The number of hydrogen-bond acceptors (Lipinski definition) is 4. The molecule has 0 aliphatic rings. The number of benzene rings is 1. The van der Waals surface area contributed by atoms with Gasteiger partial charge in [0.1, 0.15) is 0 Å². The topological polar surface area (TPSA) is 74.2 Å². The van der Waals surface area contributed by atoms with Crippen LogP contribution >= 0.6 is 12.4 Å². The molecule has 6 heteroatoms. The lowest BCUT2D eigenvalue weighted by molar-refractivity contribution is 0.0953. The molecule has 1 aromatic carbocycles. The first-order chi connectivity index (χ1) is 8.77. The van der Waals surface area contributed by atoms with Gasteiger partial charge in [-0.2, -0.15) is 5.26 Å². The number of nitriles is 1. The van der Waals surface area contributed by atoms with E-state index < -0.39 is 0 Å². The van der Waals surface area contributed by atoms with Gasteiger partial charge < -0.3 is 15.4 Å². The van der Waals surface area contributed by atoms with Crippen LogP contribution in [0.4, 0.5) is 0 Å². The highest BCUT2D eigenvalue weighted by Crippen LogP contribution is 2.02. The molecule has 0 heterocycles. The van der Waals surface area contributed by atoms with Gasteiger partial charge >= 0.3 is 0 Å². The molecule has 104 valence electrons. The van der Waals surface area contributed by atoms with E-state index in [4.69, 9.17) is 10.00 Å². The number of halogens is 1. The van der Waals surface area contributed by atoms with Crippen molar-refractivity contribution in [2.24, 2.45) is 0 Å². The number of carbonyl (C=O) groups excluding carboxylic acids is 1. The molecule has 0 atom stereocenters. The Balaban J connectivity index is 0.00000324. The third-order valence-corrected chi connectivity index (χ3v) is 2.35. The quantitative estimate of drug-likeness (QED) is 0.731. The first-order valence-corrected chi connectivity index (χ1v) is 5.76. The van der Waals surface area contributed by atoms with Gasteiger partial charge in [0.05, 0.1) is 18.2 Å². The van der Waals surface area contributed by atoms with Crippen molar-refractivity contribution in [2.45, 2.75) is 0 Å². The van der Waals surface area contributed by atoms with Crippen LogP contribution < -0.4 is 10.6 Å². The normalized spacial score (nSPS) is 9.26. The summed E-state index contributed by atoms with van der Waals surface area (Å²) in [5.41, 5.74) is 1.11. The van der Waals surface area contributed by atoms with Gasteiger partial charge in [0.25, 0.3) is 5.91 Å². The molecule has 0 fully saturated rings. The molecule has 0 aromatic heterocycles. The van der Waals surface area contributed by atoms with Crippen LogP contribution in [-0.2, 0) is 4.74 Å². The Labute approximate surface area is 119 Å². The van der Waals surface area contributed by atoms with Gasteiger partial charge in [-0.25, -0.2) is 0 Å². The molecule has 2 N–H and O–H groups in total. The summed E-state index contributed by atoms with van der Waals surface area (Å²) in [6.45, 7) is 2.68. The van der Waals surface area contributed by atoms with Crippen molar-refractivity contribution in [1.82, 2.24) is 10.6 Å². The number of nitrogens with one attached hydrogen (secondary N) is 2. The summed E-state index contributed by atoms with van der Waals surface area (Å²) in [6.07, 6.45) is 0. The van der Waals surface area contributed by atoms with Crippen LogP contribution in [0.5, 0.6) is 0 Å². The maximum atomic E-state index is 11.7. The Hall–Kier alpha value is -1.61. The van der Waals surface area contributed by atoms with Crippen LogP contribution in [0.3, 0.4) is 0 Å². The Bertz CT molecular complexity index is 415. The summed E-state index contributed by atoms with van der Waals surface area (Å²) in [5, 5.41) is 14.6. The third-order valence-electron chi connectivity index (χ3n) is 2.35. The van der Waals surface area contributed by atoms with Gasteiger partial charge in [-0.1, -0.05) is 0 Å². The molecule has 1 aromatic rings. The van der Waals surface area contributed by atoms with Crippen molar-refractivity contribution in [3.05, 3.63) is 35.4 Å². The van der Waals surface area contributed by atoms with Crippen molar-refractivity contribution >= 4 is 18.3 Å². The Kier molecular flexibility index (Phi) is 9.45. The van der Waals surface area contributed by atoms with Crippen LogP contribution in [0.2, 0.25) is 0 Å². The number of carbonyl (C=O) groups is 1. The van der Waals surface area contributed by atoms with Crippen LogP contribution in [0.1, 0.15) is 15.9 Å². The molecule has 19 heavy (non-hydrogen) atoms. The predicted molar refractivity (Wildman–Crippen MR) is 75.5 cm³/mol. The van der Waals surface area contributed by atoms with E-state index >= 15 is 0 Å². The lowest BCUT2D eigenvalue weighted by Gasteiger charge is -2.06. The van der Waals surface area contributed by atoms with E-state index in [0.29, 0.717) is 30.8 Å². The smallest absolute Gasteiger partial charge is 0.251 e. The molecule has 0 unspecified atom stereocenters. The summed E-state index contributed by atoms with van der Waals surface area (Å²) in [4.78, 5) is 11.7. The molecule has 0 aliphatic heterocycles. The summed E-state index contributed by atoms with van der Waals surface area (Å²) in [6, 6.07) is 8.56. The minimum Gasteiger partial charge on any atom is -0.383 e. The fourth-order valence-electron chi connectivity index (χ4n) is 1.36.